The maximum Gasteiger partial charge on any atom is 0.240 e. The van der Waals surface area contributed by atoms with Gasteiger partial charge in [0.1, 0.15) is 0 Å². The first-order chi connectivity index (χ1) is 7.25. The average molecular weight is 206 g/mol. The third kappa shape index (κ3) is 3.72. The molecule has 1 aromatic carbocycles. The first kappa shape index (κ1) is 11.7. The number of benzene rings is 1. The van der Waals surface area contributed by atoms with Crippen LogP contribution in [0, 0.1) is 0 Å². The van der Waals surface area contributed by atoms with Crippen LogP contribution in [0.25, 0.3) is 0 Å². The van der Waals surface area contributed by atoms with E-state index in [1.54, 1.807) is 11.9 Å². The molecule has 0 unspecified atom stereocenters. The molecule has 3 nitrogen and oxygen atoms in total. The normalized spacial score (nSPS) is 10.0. The molecule has 0 saturated carbocycles. The second-order valence-electron chi connectivity index (χ2n) is 3.47. The molecular formula is C12H18N2O. The van der Waals surface area contributed by atoms with Crippen LogP contribution in [0.5, 0.6) is 0 Å². The van der Waals surface area contributed by atoms with Crippen LogP contribution in [-0.4, -0.2) is 26.0 Å². The topological polar surface area (TPSA) is 32.3 Å². The van der Waals surface area contributed by atoms with Crippen molar-refractivity contribution in [2.75, 3.05) is 25.0 Å². The molecule has 15 heavy (non-hydrogen) atoms. The molecule has 1 rings (SSSR count). The summed E-state index contributed by atoms with van der Waals surface area (Å²) in [6.07, 6.45) is 1.04. The molecule has 0 saturated heterocycles. The summed E-state index contributed by atoms with van der Waals surface area (Å²) in [5, 5.41) is 3.09. The van der Waals surface area contributed by atoms with Crippen LogP contribution < -0.4 is 10.2 Å². The molecule has 3 heteroatoms. The van der Waals surface area contributed by atoms with E-state index < -0.39 is 0 Å². The van der Waals surface area contributed by atoms with Gasteiger partial charge in [-0.3, -0.25) is 4.79 Å². The Hall–Kier alpha value is -1.35. The number of carbonyl (C=O) groups excluding carboxylic acids is 1. The van der Waals surface area contributed by atoms with Crippen LogP contribution >= 0.6 is 0 Å². The number of amides is 1. The zero-order valence-corrected chi connectivity index (χ0v) is 9.36. The highest BCUT2D eigenvalue weighted by Crippen LogP contribution is 2.10. The highest BCUT2D eigenvalue weighted by Gasteiger charge is 2.08. The van der Waals surface area contributed by atoms with Gasteiger partial charge in [-0.25, -0.2) is 0 Å². The molecule has 0 aliphatic rings. The molecule has 0 aliphatic heterocycles. The second kappa shape index (κ2) is 6.19. The maximum absolute atomic E-state index is 11.7. The van der Waals surface area contributed by atoms with E-state index in [0.29, 0.717) is 6.54 Å². The van der Waals surface area contributed by atoms with Crippen molar-refractivity contribution < 1.29 is 4.79 Å². The molecule has 0 aliphatic carbocycles. The van der Waals surface area contributed by atoms with Crippen LogP contribution in [-0.2, 0) is 4.79 Å². The van der Waals surface area contributed by atoms with Gasteiger partial charge in [-0.15, -0.1) is 0 Å². The smallest absolute Gasteiger partial charge is 0.240 e. The van der Waals surface area contributed by atoms with Crippen molar-refractivity contribution in [3.8, 4) is 0 Å². The molecular weight excluding hydrogens is 188 g/mol. The maximum atomic E-state index is 11.7. The number of rotatable bonds is 5. The summed E-state index contributed by atoms with van der Waals surface area (Å²) in [7, 11) is 1.80. The van der Waals surface area contributed by atoms with Gasteiger partial charge in [0.15, 0.2) is 0 Å². The van der Waals surface area contributed by atoms with Gasteiger partial charge in [-0.2, -0.15) is 0 Å². The highest BCUT2D eigenvalue weighted by molar-refractivity contribution is 5.94. The SMILES string of the molecule is CCCNCC(=O)N(C)c1ccccc1. The van der Waals surface area contributed by atoms with Crippen LogP contribution in [0.4, 0.5) is 5.69 Å². The van der Waals surface area contributed by atoms with Crippen LogP contribution in [0.15, 0.2) is 30.3 Å². The Bertz CT molecular complexity index is 298. The van der Waals surface area contributed by atoms with Crippen molar-refractivity contribution in [2.45, 2.75) is 13.3 Å². The summed E-state index contributed by atoms with van der Waals surface area (Å²) in [5.41, 5.74) is 0.931. The summed E-state index contributed by atoms with van der Waals surface area (Å²) in [5.74, 6) is 0.0923. The second-order valence-corrected chi connectivity index (χ2v) is 3.47. The van der Waals surface area contributed by atoms with E-state index in [-0.39, 0.29) is 5.91 Å². The number of likely N-dealkylation sites (N-methyl/N-ethyl adjacent to an activating group) is 1. The Morgan fingerprint density at radius 1 is 1.33 bits per heavy atom. The number of nitrogens with one attached hydrogen (secondary N) is 1. The lowest BCUT2D eigenvalue weighted by Crippen LogP contribution is -2.35. The Morgan fingerprint density at radius 2 is 2.00 bits per heavy atom. The first-order valence-corrected chi connectivity index (χ1v) is 5.28. The summed E-state index contributed by atoms with van der Waals surface area (Å²) >= 11 is 0. The Morgan fingerprint density at radius 3 is 2.60 bits per heavy atom. The molecule has 0 heterocycles. The minimum Gasteiger partial charge on any atom is -0.314 e. The molecule has 0 spiro atoms. The van der Waals surface area contributed by atoms with Crippen molar-refractivity contribution in [3.63, 3.8) is 0 Å². The monoisotopic (exact) mass is 206 g/mol. The van der Waals surface area contributed by atoms with Gasteiger partial charge in [-0.05, 0) is 25.1 Å². The van der Waals surface area contributed by atoms with Crippen molar-refractivity contribution in [1.82, 2.24) is 5.32 Å². The molecule has 0 radical (unpaired) electrons. The molecule has 82 valence electrons. The number of carbonyl (C=O) groups is 1. The number of nitrogens with zero attached hydrogens (tertiary/aromatic N) is 1. The molecule has 0 bridgehead atoms. The average Bonchev–Trinajstić information content (AvgIpc) is 2.29. The van der Waals surface area contributed by atoms with Crippen molar-refractivity contribution >= 4 is 11.6 Å². The lowest BCUT2D eigenvalue weighted by Gasteiger charge is -2.17. The predicted octanol–water partition coefficient (Wildman–Crippen LogP) is 1.65. The molecule has 1 N–H and O–H groups in total. The van der Waals surface area contributed by atoms with Crippen LogP contribution in [0.1, 0.15) is 13.3 Å². The van der Waals surface area contributed by atoms with Gasteiger partial charge in [0.05, 0.1) is 6.54 Å². The Balaban J connectivity index is 2.46. The van der Waals surface area contributed by atoms with Gasteiger partial charge in [-0.1, -0.05) is 25.1 Å². The molecule has 0 fully saturated rings. The van der Waals surface area contributed by atoms with E-state index >= 15 is 0 Å². The number of hydrogen-bond donors (Lipinski definition) is 1. The van der Waals surface area contributed by atoms with E-state index in [0.717, 1.165) is 18.7 Å². The lowest BCUT2D eigenvalue weighted by atomic mass is 10.3. The number of anilines is 1. The van der Waals surface area contributed by atoms with Crippen molar-refractivity contribution in [3.05, 3.63) is 30.3 Å². The van der Waals surface area contributed by atoms with Gasteiger partial charge >= 0.3 is 0 Å². The molecule has 1 aromatic rings. The highest BCUT2D eigenvalue weighted by atomic mass is 16.2. The lowest BCUT2D eigenvalue weighted by molar-refractivity contribution is -0.117. The van der Waals surface area contributed by atoms with E-state index in [1.165, 1.54) is 0 Å². The largest absolute Gasteiger partial charge is 0.314 e. The fourth-order valence-corrected chi connectivity index (χ4v) is 1.29. The zero-order chi connectivity index (χ0) is 11.1. The van der Waals surface area contributed by atoms with Gasteiger partial charge in [0, 0.05) is 12.7 Å². The minimum atomic E-state index is 0.0923. The summed E-state index contributed by atoms with van der Waals surface area (Å²) in [6, 6.07) is 9.66. The zero-order valence-electron chi connectivity index (χ0n) is 9.36. The standard InChI is InChI=1S/C12H18N2O/c1-3-9-13-10-12(15)14(2)11-7-5-4-6-8-11/h4-8,13H,3,9-10H2,1-2H3. The van der Waals surface area contributed by atoms with Crippen LogP contribution in [0.3, 0.4) is 0 Å². The van der Waals surface area contributed by atoms with E-state index in [1.807, 2.05) is 30.3 Å². The van der Waals surface area contributed by atoms with Gasteiger partial charge in [0.25, 0.3) is 0 Å². The van der Waals surface area contributed by atoms with Gasteiger partial charge < -0.3 is 10.2 Å². The van der Waals surface area contributed by atoms with Crippen LogP contribution in [0.2, 0.25) is 0 Å². The molecule has 0 atom stereocenters. The number of hydrogen-bond acceptors (Lipinski definition) is 2. The Kier molecular flexibility index (Phi) is 4.84. The van der Waals surface area contributed by atoms with E-state index in [4.69, 9.17) is 0 Å². The van der Waals surface area contributed by atoms with Gasteiger partial charge in [0.2, 0.25) is 5.91 Å². The summed E-state index contributed by atoms with van der Waals surface area (Å²) in [4.78, 5) is 13.4. The molecule has 1 amide bonds. The fraction of sp³-hybridized carbons (Fsp3) is 0.417. The predicted molar refractivity (Wildman–Crippen MR) is 63.0 cm³/mol. The summed E-state index contributed by atoms with van der Waals surface area (Å²) < 4.78 is 0. The molecule has 0 aromatic heterocycles. The van der Waals surface area contributed by atoms with E-state index in [9.17, 15) is 4.79 Å². The third-order valence-electron chi connectivity index (χ3n) is 2.22. The van der Waals surface area contributed by atoms with Crippen molar-refractivity contribution in [1.29, 1.82) is 0 Å². The first-order valence-electron chi connectivity index (χ1n) is 5.28. The van der Waals surface area contributed by atoms with Crippen molar-refractivity contribution in [2.24, 2.45) is 0 Å². The fourth-order valence-electron chi connectivity index (χ4n) is 1.29. The number of para-hydroxylation sites is 1. The Labute approximate surface area is 91.1 Å². The minimum absolute atomic E-state index is 0.0923. The third-order valence-corrected chi connectivity index (χ3v) is 2.22. The van der Waals surface area contributed by atoms with E-state index in [2.05, 4.69) is 12.2 Å². The summed E-state index contributed by atoms with van der Waals surface area (Å²) in [6.45, 7) is 3.37. The quantitative estimate of drug-likeness (QED) is 0.743.